The van der Waals surface area contributed by atoms with Crippen LogP contribution in [0.5, 0.6) is 11.5 Å². The summed E-state index contributed by atoms with van der Waals surface area (Å²) in [5, 5.41) is 22.8. The van der Waals surface area contributed by atoms with Crippen molar-refractivity contribution in [3.05, 3.63) is 104 Å². The van der Waals surface area contributed by atoms with Crippen LogP contribution in [-0.4, -0.2) is 22.7 Å². The van der Waals surface area contributed by atoms with Crippen molar-refractivity contribution in [3.63, 3.8) is 0 Å². The topological polar surface area (TPSA) is 122 Å². The van der Waals surface area contributed by atoms with Gasteiger partial charge in [0.15, 0.2) is 11.5 Å². The number of ketones is 1. The van der Waals surface area contributed by atoms with Gasteiger partial charge in [0.05, 0.1) is 17.0 Å². The van der Waals surface area contributed by atoms with Crippen LogP contribution in [0.2, 0.25) is 0 Å². The maximum absolute atomic E-state index is 12.9. The van der Waals surface area contributed by atoms with Crippen LogP contribution < -0.4 is 9.47 Å². The molecule has 3 aromatic rings. The highest BCUT2D eigenvalue weighted by molar-refractivity contribution is 6.12. The van der Waals surface area contributed by atoms with Crippen LogP contribution in [0.15, 0.2) is 66.7 Å². The minimum atomic E-state index is -0.738. The summed E-state index contributed by atoms with van der Waals surface area (Å²) < 4.78 is 10.8. The van der Waals surface area contributed by atoms with Gasteiger partial charge in [-0.1, -0.05) is 42.5 Å². The zero-order chi connectivity index (χ0) is 21.7. The Morgan fingerprint density at radius 3 is 2.17 bits per heavy atom. The first-order valence-corrected chi connectivity index (χ1v) is 8.73. The van der Waals surface area contributed by atoms with Gasteiger partial charge in [-0.15, -0.1) is 0 Å². The van der Waals surface area contributed by atoms with E-state index in [0.717, 1.165) is 11.6 Å². The van der Waals surface area contributed by atoms with Crippen LogP contribution in [0.4, 0.5) is 11.4 Å². The third-order valence-electron chi connectivity index (χ3n) is 4.28. The third kappa shape index (κ3) is 4.25. The maximum Gasteiger partial charge on any atom is 0.315 e. The van der Waals surface area contributed by atoms with E-state index in [0.29, 0.717) is 0 Å². The largest absolute Gasteiger partial charge is 0.488 e. The van der Waals surface area contributed by atoms with Gasteiger partial charge in [-0.3, -0.25) is 25.0 Å². The maximum atomic E-state index is 12.9. The van der Waals surface area contributed by atoms with Gasteiger partial charge in [0.25, 0.3) is 5.69 Å². The predicted octanol–water partition coefficient (Wildman–Crippen LogP) is 4.32. The minimum absolute atomic E-state index is 0.0162. The van der Waals surface area contributed by atoms with Gasteiger partial charge in [0.2, 0.25) is 5.75 Å². The van der Waals surface area contributed by atoms with E-state index in [4.69, 9.17) is 9.47 Å². The summed E-state index contributed by atoms with van der Waals surface area (Å²) >= 11 is 0. The molecular formula is C21H16N2O7. The summed E-state index contributed by atoms with van der Waals surface area (Å²) in [6, 6.07) is 16.8. The summed E-state index contributed by atoms with van der Waals surface area (Å²) in [4.78, 5) is 34.4. The first kappa shape index (κ1) is 20.5. The molecule has 0 saturated heterocycles. The number of hydrogen-bond acceptors (Lipinski definition) is 7. The average Bonchev–Trinajstić information content (AvgIpc) is 2.77. The van der Waals surface area contributed by atoms with E-state index in [9.17, 15) is 25.0 Å². The molecule has 0 aliphatic carbocycles. The molecule has 0 aliphatic heterocycles. The molecule has 0 spiro atoms. The number of carbonyl (C=O) groups is 1. The van der Waals surface area contributed by atoms with Crippen LogP contribution in [0.3, 0.4) is 0 Å². The lowest BCUT2D eigenvalue weighted by molar-refractivity contribution is -0.386. The lowest BCUT2D eigenvalue weighted by Crippen LogP contribution is -2.08. The molecule has 9 nitrogen and oxygen atoms in total. The molecule has 0 unspecified atom stereocenters. The fourth-order valence-corrected chi connectivity index (χ4v) is 2.88. The number of carbonyl (C=O) groups excluding carboxylic acids is 1. The van der Waals surface area contributed by atoms with E-state index in [1.807, 2.05) is 30.3 Å². The lowest BCUT2D eigenvalue weighted by Gasteiger charge is -2.13. The molecule has 0 fully saturated rings. The fourth-order valence-electron chi connectivity index (χ4n) is 2.88. The molecule has 0 aliphatic rings. The number of benzene rings is 3. The highest BCUT2D eigenvalue weighted by atomic mass is 16.6. The van der Waals surface area contributed by atoms with Crippen LogP contribution >= 0.6 is 0 Å². The zero-order valence-electron chi connectivity index (χ0n) is 15.8. The standard InChI is InChI=1S/C21H16N2O7/c1-29-21-18(23(27)28)11-15(12-19(21)30-13-14-7-3-2-4-8-14)20(24)16-9-5-6-10-17(16)22(25)26/h2-12H,13H2,1H3. The Morgan fingerprint density at radius 2 is 1.53 bits per heavy atom. The summed E-state index contributed by atoms with van der Waals surface area (Å²) in [6.07, 6.45) is 0. The van der Waals surface area contributed by atoms with Gasteiger partial charge < -0.3 is 9.47 Å². The molecule has 0 amide bonds. The third-order valence-corrected chi connectivity index (χ3v) is 4.28. The van der Waals surface area contributed by atoms with Gasteiger partial charge in [0.1, 0.15) is 12.2 Å². The van der Waals surface area contributed by atoms with E-state index in [-0.39, 0.29) is 29.2 Å². The molecule has 0 atom stereocenters. The Bertz CT molecular complexity index is 1110. The van der Waals surface area contributed by atoms with E-state index in [1.165, 1.54) is 37.4 Å². The normalized spacial score (nSPS) is 10.3. The van der Waals surface area contributed by atoms with Crippen molar-refractivity contribution in [2.75, 3.05) is 7.11 Å². The van der Waals surface area contributed by atoms with Gasteiger partial charge in [-0.25, -0.2) is 0 Å². The smallest absolute Gasteiger partial charge is 0.315 e. The van der Waals surface area contributed by atoms with Gasteiger partial charge in [-0.2, -0.15) is 0 Å². The molecular weight excluding hydrogens is 392 g/mol. The second-order valence-electron chi connectivity index (χ2n) is 6.16. The Labute approximate surface area is 170 Å². The number of ether oxygens (including phenoxy) is 2. The van der Waals surface area contributed by atoms with Gasteiger partial charge in [-0.05, 0) is 17.7 Å². The number of nitro benzene ring substituents is 2. The van der Waals surface area contributed by atoms with Crippen molar-refractivity contribution in [3.8, 4) is 11.5 Å². The van der Waals surface area contributed by atoms with Gasteiger partial charge >= 0.3 is 5.69 Å². The van der Waals surface area contributed by atoms with Crippen molar-refractivity contribution in [2.45, 2.75) is 6.61 Å². The van der Waals surface area contributed by atoms with Crippen molar-refractivity contribution >= 4 is 17.2 Å². The van der Waals surface area contributed by atoms with Crippen LogP contribution in [0.25, 0.3) is 0 Å². The van der Waals surface area contributed by atoms with Crippen molar-refractivity contribution < 1.29 is 24.1 Å². The Morgan fingerprint density at radius 1 is 0.900 bits per heavy atom. The molecule has 9 heteroatoms. The SMILES string of the molecule is COc1c(OCc2ccccc2)cc(C(=O)c2ccccc2[N+](=O)[O-])cc1[N+](=O)[O-]. The molecule has 3 rings (SSSR count). The highest BCUT2D eigenvalue weighted by Crippen LogP contribution is 2.39. The first-order chi connectivity index (χ1) is 14.4. The van der Waals surface area contributed by atoms with Gasteiger partial charge in [0, 0.05) is 17.7 Å². The van der Waals surface area contributed by atoms with Crippen molar-refractivity contribution in [2.24, 2.45) is 0 Å². The molecule has 0 heterocycles. The Hall–Kier alpha value is -4.27. The number of nitrogens with zero attached hydrogens (tertiary/aromatic N) is 2. The van der Waals surface area contributed by atoms with E-state index in [2.05, 4.69) is 0 Å². The number of hydrogen-bond donors (Lipinski definition) is 0. The molecule has 3 aromatic carbocycles. The van der Waals surface area contributed by atoms with Crippen molar-refractivity contribution in [1.82, 2.24) is 0 Å². The van der Waals surface area contributed by atoms with Crippen LogP contribution in [0, 0.1) is 20.2 Å². The summed E-state index contributed by atoms with van der Waals surface area (Å²) in [5.41, 5.74) is -0.383. The molecule has 152 valence electrons. The molecule has 0 N–H and O–H groups in total. The monoisotopic (exact) mass is 408 g/mol. The van der Waals surface area contributed by atoms with E-state index >= 15 is 0 Å². The highest BCUT2D eigenvalue weighted by Gasteiger charge is 2.27. The zero-order valence-corrected chi connectivity index (χ0v) is 15.8. The molecule has 0 bridgehead atoms. The van der Waals surface area contributed by atoms with E-state index < -0.39 is 27.0 Å². The summed E-state index contributed by atoms with van der Waals surface area (Å²) in [5.74, 6) is -0.898. The molecule has 0 aromatic heterocycles. The van der Waals surface area contributed by atoms with Crippen LogP contribution in [0.1, 0.15) is 21.5 Å². The van der Waals surface area contributed by atoms with E-state index in [1.54, 1.807) is 0 Å². The number of rotatable bonds is 8. The Balaban J connectivity index is 2.07. The lowest BCUT2D eigenvalue weighted by atomic mass is 10.0. The summed E-state index contributed by atoms with van der Waals surface area (Å²) in [7, 11) is 1.25. The summed E-state index contributed by atoms with van der Waals surface area (Å²) in [6.45, 7) is 0.0808. The molecule has 30 heavy (non-hydrogen) atoms. The second-order valence-corrected chi connectivity index (χ2v) is 6.16. The first-order valence-electron chi connectivity index (χ1n) is 8.73. The number of nitro groups is 2. The quantitative estimate of drug-likeness (QED) is 0.309. The molecule has 0 saturated carbocycles. The average molecular weight is 408 g/mol. The van der Waals surface area contributed by atoms with Crippen molar-refractivity contribution in [1.29, 1.82) is 0 Å². The number of methoxy groups -OCH3 is 1. The molecule has 0 radical (unpaired) electrons. The van der Waals surface area contributed by atoms with Crippen LogP contribution in [-0.2, 0) is 6.61 Å². The minimum Gasteiger partial charge on any atom is -0.488 e. The Kier molecular flexibility index (Phi) is 6.02. The fraction of sp³-hybridized carbons (Fsp3) is 0.0952. The second kappa shape index (κ2) is 8.82. The predicted molar refractivity (Wildman–Crippen MR) is 107 cm³/mol. The number of para-hydroxylation sites is 1.